The summed E-state index contributed by atoms with van der Waals surface area (Å²) < 4.78 is 29.4. The van der Waals surface area contributed by atoms with Gasteiger partial charge in [0.2, 0.25) is 5.79 Å². The van der Waals surface area contributed by atoms with E-state index in [0.717, 1.165) is 25.0 Å². The van der Waals surface area contributed by atoms with Crippen LogP contribution in [0.1, 0.15) is 131 Å². The molecule has 0 spiro atoms. The Hall–Kier alpha value is -4.31. The van der Waals surface area contributed by atoms with Gasteiger partial charge in [0.1, 0.15) is 30.1 Å². The zero-order chi connectivity index (χ0) is 57.4. The van der Waals surface area contributed by atoms with Gasteiger partial charge in [-0.05, 0) is 119 Å². The first-order valence-corrected chi connectivity index (χ1v) is 27.5. The number of esters is 1. The number of fused-ring (bicyclic) bond motifs is 3. The molecule has 3 heterocycles. The van der Waals surface area contributed by atoms with Crippen molar-refractivity contribution in [3.63, 3.8) is 0 Å². The number of hydrogen-bond acceptors (Lipinski definition) is 17. The number of ketones is 3. The van der Waals surface area contributed by atoms with Gasteiger partial charge >= 0.3 is 5.97 Å². The number of allylic oxidation sites excluding steroid dienone is 6. The number of carbonyl (C=O) groups is 5. The summed E-state index contributed by atoms with van der Waals surface area (Å²) in [5.74, 6) is -2.83. The number of carbonyl (C=O) groups excluding carboxylic acids is 5. The Morgan fingerprint density at radius 3 is 2.19 bits per heavy atom. The number of aliphatic hydroxyl groups excluding tert-OH is 2. The molecule has 2 saturated heterocycles. The van der Waals surface area contributed by atoms with E-state index in [4.69, 9.17) is 40.0 Å². The van der Waals surface area contributed by atoms with Gasteiger partial charge < -0.3 is 43.9 Å². The van der Waals surface area contributed by atoms with E-state index < -0.39 is 83.9 Å². The first-order chi connectivity index (χ1) is 36.7. The van der Waals surface area contributed by atoms with Gasteiger partial charge in [0.05, 0.1) is 24.4 Å². The minimum atomic E-state index is -2.43. The standard InChI is InChI=1S/C51H79NO13.C8H12N2.H2O2/c1-30-16-12-11-13-17-31(2)42(61-8)28-38-21-19-36(7)51(60,65-38)48(57)49(58)52-23-15-14-18-39(52)50(59)64-43(33(4)26-37-20-22-40(53)44(27-37)62-9)29-41(54)32(3)25-35(6)46(56)47(63-10)45(55)34(5)24-30;9-10-7-6-8-4-2-1-3-5-8;1-2/h11-13,16-17,25,30,32-34,36-40,42-44,46-47,53,56,60H,14-15,18-24,26-29H2,1-10H3;1-5,10H,6-7,9H2;1-2H/b13-11+,16-12+,31-17+,35-25+;;/t30-,32-,33-,34-,36-,37+,38+,39+,40-,42+,43+,44-,46-,47+,51-;;/m1../s1. The van der Waals surface area contributed by atoms with Gasteiger partial charge in [0.15, 0.2) is 5.78 Å². The number of Topliss-reactive ketones (excluding diaryl/α,β-unsaturated/α-hetero) is 3. The topological polar surface area (TPSA) is 274 Å². The third-order valence-electron chi connectivity index (χ3n) is 15.9. The Kier molecular flexibility index (Phi) is 29.5. The molecule has 18 nitrogen and oxygen atoms in total. The normalized spacial score (nSPS) is 35.5. The molecule has 1 aliphatic carbocycles. The number of nitrogens with two attached hydrogens (primary N) is 1. The molecule has 5 rings (SSSR count). The molecule has 77 heavy (non-hydrogen) atoms. The molecule has 0 unspecified atom stereocenters. The van der Waals surface area contributed by atoms with Gasteiger partial charge in [-0.1, -0.05) is 101 Å². The first kappa shape index (κ1) is 67.0. The Bertz CT molecular complexity index is 2120. The number of hydrazine groups is 1. The molecular formula is C59H93N3O15. The molecule has 2 bridgehead atoms. The monoisotopic (exact) mass is 1080 g/mol. The Labute approximate surface area is 457 Å². The Balaban J connectivity index is 0.00000115. The average molecular weight is 1080 g/mol. The number of amides is 1. The van der Waals surface area contributed by atoms with Crippen LogP contribution in [-0.4, -0.2) is 149 Å². The summed E-state index contributed by atoms with van der Waals surface area (Å²) in [6, 6.07) is 9.13. The average Bonchev–Trinajstić information content (AvgIpc) is 3.43. The van der Waals surface area contributed by atoms with Gasteiger partial charge in [-0.25, -0.2) is 4.79 Å². The lowest BCUT2D eigenvalue weighted by Gasteiger charge is -2.42. The van der Waals surface area contributed by atoms with Crippen molar-refractivity contribution in [1.82, 2.24) is 10.3 Å². The van der Waals surface area contributed by atoms with Gasteiger partial charge in [0, 0.05) is 65.0 Å². The SMILES string of the molecule is CO[C@H]1C[C@@H]2CC[C@@H](C)[C@@](O)(O2)C(=O)C(=O)N2CCCC[C@H]2C(=O)O[C@H]([C@H](C)C[C@@H]2CC[C@@H](O)[C@H](OC)C2)CC(=O)[C@H](C)/C=C(\C)[C@@H](O)[C@@H](OC)C(=O)[C@H](C)C[C@H](C)/C=C/C=C/C=C/1C.NNCCc1ccccc1.OO. The van der Waals surface area contributed by atoms with E-state index in [-0.39, 0.29) is 54.8 Å². The van der Waals surface area contributed by atoms with Crippen LogP contribution in [0.4, 0.5) is 0 Å². The zero-order valence-electron chi connectivity index (χ0n) is 47.4. The van der Waals surface area contributed by atoms with Crippen molar-refractivity contribution in [1.29, 1.82) is 0 Å². The number of rotatable bonds is 9. The second-order valence-corrected chi connectivity index (χ2v) is 21.8. The molecule has 0 radical (unpaired) electrons. The van der Waals surface area contributed by atoms with E-state index >= 15 is 0 Å². The zero-order valence-corrected chi connectivity index (χ0v) is 47.4. The number of cyclic esters (lactones) is 1. The quantitative estimate of drug-likeness (QED) is 0.0331. The fraction of sp³-hybridized carbons (Fsp3) is 0.678. The number of aliphatic hydroxyl groups is 3. The van der Waals surface area contributed by atoms with Crippen molar-refractivity contribution in [3.8, 4) is 0 Å². The van der Waals surface area contributed by atoms with Gasteiger partial charge in [-0.15, -0.1) is 0 Å². The highest BCUT2D eigenvalue weighted by Crippen LogP contribution is 2.38. The summed E-state index contributed by atoms with van der Waals surface area (Å²) >= 11 is 0. The number of benzene rings is 1. The Morgan fingerprint density at radius 1 is 0.844 bits per heavy atom. The second kappa shape index (κ2) is 34.0. The highest BCUT2D eigenvalue weighted by atomic mass is 17.0. The van der Waals surface area contributed by atoms with Crippen molar-refractivity contribution in [2.24, 2.45) is 41.4 Å². The molecule has 1 saturated carbocycles. The van der Waals surface area contributed by atoms with Gasteiger partial charge in [-0.3, -0.25) is 41.0 Å². The predicted molar refractivity (Wildman–Crippen MR) is 293 cm³/mol. The van der Waals surface area contributed by atoms with E-state index in [1.54, 1.807) is 41.1 Å². The molecule has 1 aromatic carbocycles. The van der Waals surface area contributed by atoms with Gasteiger partial charge in [0.25, 0.3) is 11.7 Å². The highest BCUT2D eigenvalue weighted by Gasteiger charge is 2.53. The van der Waals surface area contributed by atoms with E-state index in [2.05, 4.69) is 17.6 Å². The van der Waals surface area contributed by atoms with Crippen LogP contribution < -0.4 is 11.3 Å². The van der Waals surface area contributed by atoms with Crippen LogP contribution >= 0.6 is 0 Å². The second-order valence-electron chi connectivity index (χ2n) is 21.8. The van der Waals surface area contributed by atoms with E-state index in [9.17, 15) is 39.3 Å². The maximum Gasteiger partial charge on any atom is 0.329 e. The molecule has 18 heteroatoms. The summed E-state index contributed by atoms with van der Waals surface area (Å²) in [4.78, 5) is 71.8. The Morgan fingerprint density at radius 2 is 1.55 bits per heavy atom. The van der Waals surface area contributed by atoms with Crippen LogP contribution in [0.5, 0.6) is 0 Å². The summed E-state index contributed by atoms with van der Waals surface area (Å²) in [5.41, 5.74) is 5.20. The van der Waals surface area contributed by atoms with Crippen molar-refractivity contribution < 1.29 is 73.5 Å². The van der Waals surface area contributed by atoms with Crippen molar-refractivity contribution in [2.45, 2.75) is 186 Å². The number of ether oxygens (including phenoxy) is 5. The summed E-state index contributed by atoms with van der Waals surface area (Å²) in [7, 11) is 4.52. The number of piperidine rings is 1. The highest BCUT2D eigenvalue weighted by molar-refractivity contribution is 6.39. The van der Waals surface area contributed by atoms with Crippen molar-refractivity contribution in [3.05, 3.63) is 83.5 Å². The first-order valence-electron chi connectivity index (χ1n) is 27.5. The number of nitrogens with one attached hydrogen (secondary N) is 1. The van der Waals surface area contributed by atoms with Crippen LogP contribution in [0.3, 0.4) is 0 Å². The third-order valence-corrected chi connectivity index (χ3v) is 15.9. The van der Waals surface area contributed by atoms with Gasteiger partial charge in [-0.2, -0.15) is 0 Å². The molecule has 3 fully saturated rings. The molecular weight excluding hydrogens is 991 g/mol. The smallest absolute Gasteiger partial charge is 0.329 e. The van der Waals surface area contributed by atoms with Crippen molar-refractivity contribution >= 4 is 29.2 Å². The predicted octanol–water partition coefficient (Wildman–Crippen LogP) is 6.89. The molecule has 15 atom stereocenters. The van der Waals surface area contributed by atoms with Crippen molar-refractivity contribution in [2.75, 3.05) is 34.4 Å². The molecule has 434 valence electrons. The maximum absolute atomic E-state index is 14.4. The maximum atomic E-state index is 14.4. The number of nitrogens with zero attached hydrogens (tertiary/aromatic N) is 1. The molecule has 0 aromatic heterocycles. The lowest BCUT2D eigenvalue weighted by Crippen LogP contribution is -2.61. The number of hydrogen-bond donors (Lipinski definition) is 7. The lowest BCUT2D eigenvalue weighted by molar-refractivity contribution is -0.265. The van der Waals surface area contributed by atoms with Crippen LogP contribution in [0.2, 0.25) is 0 Å². The largest absolute Gasteiger partial charge is 0.460 e. The minimum absolute atomic E-state index is 0.0193. The summed E-state index contributed by atoms with van der Waals surface area (Å²) in [5, 5.41) is 45.8. The summed E-state index contributed by atoms with van der Waals surface area (Å²) in [6.07, 6.45) is 12.2. The fourth-order valence-electron chi connectivity index (χ4n) is 11.0. The van der Waals surface area contributed by atoms with E-state index in [1.807, 2.05) is 76.3 Å². The molecule has 4 aliphatic rings. The van der Waals surface area contributed by atoms with Crippen LogP contribution in [0.15, 0.2) is 77.9 Å². The third kappa shape index (κ3) is 20.1. The van der Waals surface area contributed by atoms with E-state index in [1.165, 1.54) is 17.6 Å². The fourth-order valence-corrected chi connectivity index (χ4v) is 11.0. The van der Waals surface area contributed by atoms with Crippen LogP contribution in [-0.2, 0) is 54.1 Å². The van der Waals surface area contributed by atoms with E-state index in [0.29, 0.717) is 63.4 Å². The van der Waals surface area contributed by atoms with Crippen LogP contribution in [0.25, 0.3) is 0 Å². The molecule has 8 N–H and O–H groups in total. The molecule has 3 aliphatic heterocycles. The molecule has 1 amide bonds. The number of methoxy groups -OCH3 is 3. The van der Waals surface area contributed by atoms with Crippen LogP contribution in [0, 0.1) is 35.5 Å². The lowest BCUT2D eigenvalue weighted by atomic mass is 9.78. The minimum Gasteiger partial charge on any atom is -0.460 e. The summed E-state index contributed by atoms with van der Waals surface area (Å²) in [6.45, 7) is 13.6. The molecule has 1 aromatic rings.